The Labute approximate surface area is 124 Å². The normalized spacial score (nSPS) is 21.8. The van der Waals surface area contributed by atoms with Gasteiger partial charge in [-0.3, -0.25) is 4.90 Å². The molecule has 2 heteroatoms. The minimum absolute atomic E-state index is 0.687. The van der Waals surface area contributed by atoms with Gasteiger partial charge in [0.15, 0.2) is 0 Å². The van der Waals surface area contributed by atoms with Gasteiger partial charge in [0.25, 0.3) is 0 Å². The molecule has 20 heavy (non-hydrogen) atoms. The average Bonchev–Trinajstić information content (AvgIpc) is 2.47. The van der Waals surface area contributed by atoms with Gasteiger partial charge < -0.3 is 5.32 Å². The summed E-state index contributed by atoms with van der Waals surface area (Å²) < 4.78 is 0. The zero-order chi connectivity index (χ0) is 14.2. The van der Waals surface area contributed by atoms with Crippen molar-refractivity contribution in [1.29, 1.82) is 0 Å². The van der Waals surface area contributed by atoms with Crippen LogP contribution < -0.4 is 5.32 Å². The molecule has 1 aromatic carbocycles. The summed E-state index contributed by atoms with van der Waals surface area (Å²) in [4.78, 5) is 2.60. The highest BCUT2D eigenvalue weighted by molar-refractivity contribution is 5.14. The van der Waals surface area contributed by atoms with Gasteiger partial charge in [-0.2, -0.15) is 0 Å². The van der Waals surface area contributed by atoms with E-state index in [-0.39, 0.29) is 0 Å². The van der Waals surface area contributed by atoms with Crippen LogP contribution in [0.3, 0.4) is 0 Å². The van der Waals surface area contributed by atoms with Crippen LogP contribution in [0.2, 0.25) is 0 Å². The maximum Gasteiger partial charge on any atom is 0.0234 e. The minimum Gasteiger partial charge on any atom is -0.312 e. The zero-order valence-electron chi connectivity index (χ0n) is 13.1. The van der Waals surface area contributed by atoms with Crippen molar-refractivity contribution in [2.75, 3.05) is 19.6 Å². The van der Waals surface area contributed by atoms with Gasteiger partial charge in [0.1, 0.15) is 0 Å². The molecule has 0 aliphatic carbocycles. The number of hydrogen-bond donors (Lipinski definition) is 1. The molecule has 112 valence electrons. The third-order valence-electron chi connectivity index (χ3n) is 4.29. The summed E-state index contributed by atoms with van der Waals surface area (Å²) in [6, 6.07) is 11.5. The molecule has 2 atom stereocenters. The topological polar surface area (TPSA) is 15.3 Å². The van der Waals surface area contributed by atoms with E-state index in [9.17, 15) is 0 Å². The first kappa shape index (κ1) is 15.5. The molecule has 2 nitrogen and oxygen atoms in total. The molecule has 0 aromatic heterocycles. The quantitative estimate of drug-likeness (QED) is 0.816. The molecule has 0 spiro atoms. The predicted molar refractivity (Wildman–Crippen MR) is 86.8 cm³/mol. The van der Waals surface area contributed by atoms with Crippen LogP contribution in [0.15, 0.2) is 30.3 Å². The molecular formula is C18H30N2. The van der Waals surface area contributed by atoms with E-state index in [0.717, 1.165) is 12.5 Å². The maximum absolute atomic E-state index is 3.78. The highest BCUT2D eigenvalue weighted by Gasteiger charge is 2.19. The molecule has 2 unspecified atom stereocenters. The maximum atomic E-state index is 3.78. The average molecular weight is 274 g/mol. The van der Waals surface area contributed by atoms with Crippen molar-refractivity contribution in [1.82, 2.24) is 10.2 Å². The molecule has 1 aliphatic rings. The summed E-state index contributed by atoms with van der Waals surface area (Å²) in [6.45, 7) is 9.37. The van der Waals surface area contributed by atoms with Crippen LogP contribution in [0.5, 0.6) is 0 Å². The Bertz CT molecular complexity index is 363. The molecule has 1 N–H and O–H groups in total. The number of likely N-dealkylation sites (tertiary alicyclic amines) is 1. The minimum atomic E-state index is 0.687. The first-order chi connectivity index (χ1) is 9.78. The van der Waals surface area contributed by atoms with Gasteiger partial charge in [0.05, 0.1) is 0 Å². The van der Waals surface area contributed by atoms with Crippen molar-refractivity contribution >= 4 is 0 Å². The monoisotopic (exact) mass is 274 g/mol. The molecule has 1 heterocycles. The van der Waals surface area contributed by atoms with Crippen LogP contribution in [0.1, 0.15) is 45.1 Å². The Balaban J connectivity index is 1.74. The lowest BCUT2D eigenvalue weighted by molar-refractivity contribution is 0.180. The van der Waals surface area contributed by atoms with E-state index >= 15 is 0 Å². The van der Waals surface area contributed by atoms with Crippen LogP contribution in [-0.4, -0.2) is 30.6 Å². The molecule has 2 rings (SSSR count). The van der Waals surface area contributed by atoms with Crippen molar-refractivity contribution in [2.24, 2.45) is 5.92 Å². The number of rotatable bonds is 7. The Morgan fingerprint density at radius 2 is 2.10 bits per heavy atom. The van der Waals surface area contributed by atoms with Gasteiger partial charge >= 0.3 is 0 Å². The molecule has 1 fully saturated rings. The van der Waals surface area contributed by atoms with E-state index in [4.69, 9.17) is 0 Å². The van der Waals surface area contributed by atoms with Crippen molar-refractivity contribution in [3.8, 4) is 0 Å². The van der Waals surface area contributed by atoms with E-state index in [1.54, 1.807) is 0 Å². The molecule has 0 saturated carbocycles. The molecule has 0 amide bonds. The van der Waals surface area contributed by atoms with Gasteiger partial charge in [-0.05, 0) is 43.8 Å². The van der Waals surface area contributed by atoms with Crippen molar-refractivity contribution in [3.05, 3.63) is 35.9 Å². The first-order valence-corrected chi connectivity index (χ1v) is 8.27. The van der Waals surface area contributed by atoms with Crippen molar-refractivity contribution < 1.29 is 0 Å². The number of benzene rings is 1. The lowest BCUT2D eigenvalue weighted by atomic mass is 10.0. The molecule has 0 bridgehead atoms. The lowest BCUT2D eigenvalue weighted by Crippen LogP contribution is -2.46. The summed E-state index contributed by atoms with van der Waals surface area (Å²) >= 11 is 0. The lowest BCUT2D eigenvalue weighted by Gasteiger charge is -2.34. The number of nitrogens with one attached hydrogen (secondary N) is 1. The second kappa shape index (κ2) is 8.43. The van der Waals surface area contributed by atoms with Crippen molar-refractivity contribution in [2.45, 2.75) is 52.1 Å². The van der Waals surface area contributed by atoms with Crippen LogP contribution in [0, 0.1) is 5.92 Å². The molecule has 0 radical (unpaired) electrons. The first-order valence-electron chi connectivity index (χ1n) is 8.27. The third-order valence-corrected chi connectivity index (χ3v) is 4.29. The van der Waals surface area contributed by atoms with E-state index in [1.807, 2.05) is 0 Å². The fraction of sp³-hybridized carbons (Fsp3) is 0.667. The number of piperidine rings is 1. The van der Waals surface area contributed by atoms with Crippen molar-refractivity contribution in [3.63, 3.8) is 0 Å². The van der Waals surface area contributed by atoms with Gasteiger partial charge in [-0.25, -0.2) is 0 Å². The molecule has 1 saturated heterocycles. The van der Waals surface area contributed by atoms with Crippen LogP contribution >= 0.6 is 0 Å². The Kier molecular flexibility index (Phi) is 6.55. The van der Waals surface area contributed by atoms with Gasteiger partial charge in [0, 0.05) is 19.1 Å². The molecular weight excluding hydrogens is 244 g/mol. The molecule has 1 aromatic rings. The van der Waals surface area contributed by atoms with Crippen LogP contribution in [0.4, 0.5) is 0 Å². The SMILES string of the molecule is CCCC(C)CNC1CCCN(Cc2ccccc2)C1. The Morgan fingerprint density at radius 1 is 1.30 bits per heavy atom. The van der Waals surface area contributed by atoms with Gasteiger partial charge in [-0.1, -0.05) is 50.6 Å². The predicted octanol–water partition coefficient (Wildman–Crippen LogP) is 3.68. The van der Waals surface area contributed by atoms with Crippen LogP contribution in [-0.2, 0) is 6.54 Å². The summed E-state index contributed by atoms with van der Waals surface area (Å²) in [5, 5.41) is 3.78. The van der Waals surface area contributed by atoms with E-state index in [2.05, 4.69) is 54.4 Å². The van der Waals surface area contributed by atoms with E-state index in [1.165, 1.54) is 50.9 Å². The second-order valence-electron chi connectivity index (χ2n) is 6.36. The second-order valence-corrected chi connectivity index (χ2v) is 6.36. The molecule has 1 aliphatic heterocycles. The summed E-state index contributed by atoms with van der Waals surface area (Å²) in [5.41, 5.74) is 1.44. The smallest absolute Gasteiger partial charge is 0.0234 e. The van der Waals surface area contributed by atoms with Gasteiger partial charge in [0.2, 0.25) is 0 Å². The highest BCUT2D eigenvalue weighted by atomic mass is 15.2. The fourth-order valence-electron chi connectivity index (χ4n) is 3.17. The van der Waals surface area contributed by atoms with E-state index in [0.29, 0.717) is 6.04 Å². The Hall–Kier alpha value is -0.860. The largest absolute Gasteiger partial charge is 0.312 e. The standard InChI is InChI=1S/C18H30N2/c1-3-8-16(2)13-19-18-11-7-12-20(15-18)14-17-9-5-4-6-10-17/h4-6,9-10,16,18-19H,3,7-8,11-15H2,1-2H3. The Morgan fingerprint density at radius 3 is 2.85 bits per heavy atom. The highest BCUT2D eigenvalue weighted by Crippen LogP contribution is 2.14. The summed E-state index contributed by atoms with van der Waals surface area (Å²) in [5.74, 6) is 0.810. The fourth-order valence-corrected chi connectivity index (χ4v) is 3.17. The zero-order valence-corrected chi connectivity index (χ0v) is 13.1. The summed E-state index contributed by atoms with van der Waals surface area (Å²) in [6.07, 6.45) is 5.30. The third kappa shape index (κ3) is 5.26. The van der Waals surface area contributed by atoms with E-state index < -0.39 is 0 Å². The summed E-state index contributed by atoms with van der Waals surface area (Å²) in [7, 11) is 0. The number of nitrogens with zero attached hydrogens (tertiary/aromatic N) is 1. The van der Waals surface area contributed by atoms with Crippen LogP contribution in [0.25, 0.3) is 0 Å². The number of hydrogen-bond acceptors (Lipinski definition) is 2. The van der Waals surface area contributed by atoms with Gasteiger partial charge in [-0.15, -0.1) is 0 Å².